The van der Waals surface area contributed by atoms with Crippen LogP contribution in [0.3, 0.4) is 0 Å². The first kappa shape index (κ1) is 28.0. The molecule has 0 amide bonds. The Balaban J connectivity index is 1.25. The summed E-state index contributed by atoms with van der Waals surface area (Å²) in [6, 6.07) is 24.0. The molecule has 0 saturated heterocycles. The van der Waals surface area contributed by atoms with Crippen molar-refractivity contribution in [3.8, 4) is 23.0 Å². The molecule has 4 aromatic rings. The minimum atomic E-state index is -3.69. The summed E-state index contributed by atoms with van der Waals surface area (Å²) in [5, 5.41) is 9.37. The molecule has 0 aliphatic carbocycles. The molecular formula is C29H28O8S2. The monoisotopic (exact) mass is 568 g/mol. The fraction of sp³-hybridized carbons (Fsp3) is 0.172. The molecular weight excluding hydrogens is 540 g/mol. The zero-order chi connectivity index (χ0) is 27.9. The van der Waals surface area contributed by atoms with Gasteiger partial charge in [0.15, 0.2) is 0 Å². The Morgan fingerprint density at radius 3 is 1.15 bits per heavy atom. The van der Waals surface area contributed by atoms with Crippen molar-refractivity contribution in [2.75, 3.05) is 19.8 Å². The van der Waals surface area contributed by atoms with E-state index in [0.717, 1.165) is 0 Å². The molecule has 10 heteroatoms. The predicted molar refractivity (Wildman–Crippen MR) is 145 cm³/mol. The summed E-state index contributed by atoms with van der Waals surface area (Å²) in [6.45, 7) is 3.05. The van der Waals surface area contributed by atoms with Gasteiger partial charge in [-0.25, -0.2) is 16.8 Å². The van der Waals surface area contributed by atoms with Gasteiger partial charge in [0, 0.05) is 6.42 Å². The summed E-state index contributed by atoms with van der Waals surface area (Å²) in [5.74, 6) is 1.65. The Kier molecular flexibility index (Phi) is 8.78. The van der Waals surface area contributed by atoms with Gasteiger partial charge < -0.3 is 19.3 Å². The lowest BCUT2D eigenvalue weighted by molar-refractivity contribution is 0.247. The van der Waals surface area contributed by atoms with Crippen LogP contribution >= 0.6 is 0 Å². The lowest BCUT2D eigenvalue weighted by Crippen LogP contribution is -2.06. The van der Waals surface area contributed by atoms with E-state index < -0.39 is 19.7 Å². The van der Waals surface area contributed by atoms with Crippen LogP contribution < -0.4 is 14.2 Å². The number of phenols is 1. The van der Waals surface area contributed by atoms with Gasteiger partial charge in [0.1, 0.15) is 23.0 Å². The standard InChI is InChI=1S/C29H28O8S2/c1-2-35-23-6-14-27(15-7-23)39(33,34)29-18-10-25(11-19-29)37-21-3-20-36-24-8-16-28(17-9-24)38(31,32)26-12-4-22(30)5-13-26/h4-19,30H,2-3,20-21H2,1H3. The number of rotatable bonds is 12. The van der Waals surface area contributed by atoms with Crippen molar-refractivity contribution < 1.29 is 36.2 Å². The van der Waals surface area contributed by atoms with Crippen LogP contribution in [0.4, 0.5) is 0 Å². The third kappa shape index (κ3) is 6.90. The smallest absolute Gasteiger partial charge is 0.206 e. The molecule has 0 heterocycles. The Labute approximate surface area is 228 Å². The van der Waals surface area contributed by atoms with Crippen molar-refractivity contribution in [1.29, 1.82) is 0 Å². The second-order valence-electron chi connectivity index (χ2n) is 8.40. The quantitative estimate of drug-likeness (QED) is 0.229. The number of sulfone groups is 2. The van der Waals surface area contributed by atoms with Crippen molar-refractivity contribution in [2.24, 2.45) is 0 Å². The van der Waals surface area contributed by atoms with Gasteiger partial charge in [0.25, 0.3) is 0 Å². The highest BCUT2D eigenvalue weighted by molar-refractivity contribution is 7.91. The van der Waals surface area contributed by atoms with E-state index in [2.05, 4.69) is 0 Å². The van der Waals surface area contributed by atoms with Crippen LogP contribution in [0.25, 0.3) is 0 Å². The summed E-state index contributed by atoms with van der Waals surface area (Å²) in [4.78, 5) is 0.561. The molecule has 0 fully saturated rings. The van der Waals surface area contributed by atoms with Crippen LogP contribution in [-0.4, -0.2) is 41.8 Å². The number of ether oxygens (including phenoxy) is 3. The zero-order valence-electron chi connectivity index (χ0n) is 21.2. The molecule has 4 rings (SSSR count). The lowest BCUT2D eigenvalue weighted by atomic mass is 10.3. The van der Waals surface area contributed by atoms with Crippen molar-refractivity contribution >= 4 is 19.7 Å². The van der Waals surface area contributed by atoms with E-state index in [0.29, 0.717) is 43.5 Å². The predicted octanol–water partition coefficient (Wildman–Crippen LogP) is 5.30. The van der Waals surface area contributed by atoms with Crippen LogP contribution in [0, 0.1) is 0 Å². The molecule has 0 aromatic heterocycles. The van der Waals surface area contributed by atoms with E-state index in [4.69, 9.17) is 14.2 Å². The number of benzene rings is 4. The topological polar surface area (TPSA) is 116 Å². The Hall–Kier alpha value is -4.02. The first-order valence-electron chi connectivity index (χ1n) is 12.2. The van der Waals surface area contributed by atoms with E-state index in [9.17, 15) is 21.9 Å². The van der Waals surface area contributed by atoms with E-state index in [1.165, 1.54) is 60.7 Å². The molecule has 0 bridgehead atoms. The molecule has 0 aliphatic rings. The average Bonchev–Trinajstić information content (AvgIpc) is 2.94. The Morgan fingerprint density at radius 1 is 0.513 bits per heavy atom. The SMILES string of the molecule is CCOc1ccc(S(=O)(=O)c2ccc(OCCCOc3ccc(S(=O)(=O)c4ccc(O)cc4)cc3)cc2)cc1. The normalized spacial score (nSPS) is 11.6. The van der Waals surface area contributed by atoms with Gasteiger partial charge in [0.05, 0.1) is 39.4 Å². The second-order valence-corrected chi connectivity index (χ2v) is 12.3. The van der Waals surface area contributed by atoms with Gasteiger partial charge >= 0.3 is 0 Å². The highest BCUT2D eigenvalue weighted by Crippen LogP contribution is 2.26. The van der Waals surface area contributed by atoms with E-state index in [1.54, 1.807) is 36.4 Å². The van der Waals surface area contributed by atoms with E-state index >= 15 is 0 Å². The third-order valence-corrected chi connectivity index (χ3v) is 9.26. The maximum absolute atomic E-state index is 12.9. The molecule has 0 radical (unpaired) electrons. The third-order valence-electron chi connectivity index (χ3n) is 5.69. The second kappa shape index (κ2) is 12.2. The largest absolute Gasteiger partial charge is 0.508 e. The lowest BCUT2D eigenvalue weighted by Gasteiger charge is -2.10. The number of aromatic hydroxyl groups is 1. The van der Waals surface area contributed by atoms with Gasteiger partial charge in [-0.15, -0.1) is 0 Å². The summed E-state index contributed by atoms with van der Waals surface area (Å²) in [6.07, 6.45) is 0.555. The van der Waals surface area contributed by atoms with Crippen LogP contribution in [0.15, 0.2) is 117 Å². The van der Waals surface area contributed by atoms with Gasteiger partial charge in [-0.2, -0.15) is 0 Å². The average molecular weight is 569 g/mol. The molecule has 0 saturated carbocycles. The highest BCUT2D eigenvalue weighted by atomic mass is 32.2. The first-order valence-corrected chi connectivity index (χ1v) is 15.1. The zero-order valence-corrected chi connectivity index (χ0v) is 22.8. The number of phenolic OH excluding ortho intramolecular Hbond substituents is 1. The van der Waals surface area contributed by atoms with Crippen LogP contribution in [0.1, 0.15) is 13.3 Å². The summed E-state index contributed by atoms with van der Waals surface area (Å²) < 4.78 is 67.9. The number of hydrogen-bond acceptors (Lipinski definition) is 8. The van der Waals surface area contributed by atoms with Crippen LogP contribution in [0.2, 0.25) is 0 Å². The van der Waals surface area contributed by atoms with Crippen molar-refractivity contribution in [3.05, 3.63) is 97.1 Å². The minimum Gasteiger partial charge on any atom is -0.508 e. The van der Waals surface area contributed by atoms with Crippen LogP contribution in [-0.2, 0) is 19.7 Å². The molecule has 0 unspecified atom stereocenters. The molecule has 0 spiro atoms. The van der Waals surface area contributed by atoms with Crippen molar-refractivity contribution in [2.45, 2.75) is 32.9 Å². The first-order chi connectivity index (χ1) is 18.7. The van der Waals surface area contributed by atoms with E-state index in [-0.39, 0.29) is 25.3 Å². The highest BCUT2D eigenvalue weighted by Gasteiger charge is 2.18. The summed E-state index contributed by atoms with van der Waals surface area (Å²) in [7, 11) is -7.35. The molecule has 1 N–H and O–H groups in total. The van der Waals surface area contributed by atoms with Crippen molar-refractivity contribution in [3.63, 3.8) is 0 Å². The van der Waals surface area contributed by atoms with Gasteiger partial charge in [-0.3, -0.25) is 0 Å². The van der Waals surface area contributed by atoms with E-state index in [1.807, 2.05) is 6.92 Å². The molecule has 204 valence electrons. The molecule has 0 aliphatic heterocycles. The van der Waals surface area contributed by atoms with Gasteiger partial charge in [-0.05, 0) is 104 Å². The molecule has 4 aromatic carbocycles. The van der Waals surface area contributed by atoms with Crippen molar-refractivity contribution in [1.82, 2.24) is 0 Å². The summed E-state index contributed by atoms with van der Waals surface area (Å²) in [5.41, 5.74) is 0. The molecule has 39 heavy (non-hydrogen) atoms. The fourth-order valence-corrected chi connectivity index (χ4v) is 6.17. The van der Waals surface area contributed by atoms with Gasteiger partial charge in [-0.1, -0.05) is 0 Å². The maximum Gasteiger partial charge on any atom is 0.206 e. The summed E-state index contributed by atoms with van der Waals surface area (Å²) >= 11 is 0. The van der Waals surface area contributed by atoms with Crippen LogP contribution in [0.5, 0.6) is 23.0 Å². The number of hydrogen-bond donors (Lipinski definition) is 1. The minimum absolute atomic E-state index is 0.00769. The van der Waals surface area contributed by atoms with Gasteiger partial charge in [0.2, 0.25) is 19.7 Å². The maximum atomic E-state index is 12.9. The Bertz CT molecular complexity index is 1580. The molecule has 8 nitrogen and oxygen atoms in total. The fourth-order valence-electron chi connectivity index (χ4n) is 3.65. The molecule has 0 atom stereocenters. The Morgan fingerprint density at radius 2 is 0.821 bits per heavy atom.